The average molecular weight is 270 g/mol. The molecule has 0 aliphatic heterocycles. The zero-order valence-electron chi connectivity index (χ0n) is 8.16. The number of benzene rings is 1. The number of nitrogens with zero attached hydrogens (tertiary/aromatic N) is 1. The first-order chi connectivity index (χ1) is 7.38. The van der Waals surface area contributed by atoms with Crippen molar-refractivity contribution in [3.8, 4) is 0 Å². The van der Waals surface area contributed by atoms with E-state index in [4.69, 9.17) is 4.55 Å². The van der Waals surface area contributed by atoms with Gasteiger partial charge in [0.2, 0.25) is 0 Å². The fraction of sp³-hybridized carbons (Fsp3) is 0.250. The van der Waals surface area contributed by atoms with E-state index in [1.807, 2.05) is 0 Å². The minimum absolute atomic E-state index is 0. The molecule has 0 aromatic heterocycles. The number of non-ortho nitro benzene ring substituents is 1. The van der Waals surface area contributed by atoms with Gasteiger partial charge in [-0.2, -0.15) is 8.42 Å². The maximum absolute atomic E-state index is 10.4. The van der Waals surface area contributed by atoms with E-state index in [0.29, 0.717) is 5.69 Å². The molecule has 90 valence electrons. The molecular weight excluding hydrogens is 259 g/mol. The number of nitro benzene ring substituents is 1. The Morgan fingerprint density at radius 2 is 1.82 bits per heavy atom. The van der Waals surface area contributed by atoms with Crippen molar-refractivity contribution >= 4 is 51.1 Å². The molecule has 0 saturated carbocycles. The summed E-state index contributed by atoms with van der Waals surface area (Å²) in [5.41, 5.74) is 0.509. The van der Waals surface area contributed by atoms with Crippen LogP contribution in [0.1, 0.15) is 0 Å². The third-order valence-electron chi connectivity index (χ3n) is 1.77. The standard InChI is InChI=1S/C8H10N2O5S.Na.H/c11-10(12)8-3-1-7(2-4-8)9-5-6-16(13,14)15;;/h1-4,9H,5-6H2,(H,13,14,15);;. The second-order valence-electron chi connectivity index (χ2n) is 3.02. The Balaban J connectivity index is 0.00000256. The number of hydrogen-bond acceptors (Lipinski definition) is 5. The molecule has 0 heterocycles. The molecule has 1 aromatic rings. The Kier molecular flexibility index (Phi) is 6.65. The van der Waals surface area contributed by atoms with E-state index in [1.54, 1.807) is 0 Å². The van der Waals surface area contributed by atoms with Gasteiger partial charge in [0.05, 0.1) is 10.7 Å². The Bertz CT molecular complexity index is 473. The van der Waals surface area contributed by atoms with Crippen LogP contribution in [-0.4, -0.2) is 59.7 Å². The van der Waals surface area contributed by atoms with Crippen molar-refractivity contribution < 1.29 is 17.9 Å². The van der Waals surface area contributed by atoms with Crippen molar-refractivity contribution in [2.45, 2.75) is 0 Å². The fourth-order valence-corrected chi connectivity index (χ4v) is 1.39. The number of anilines is 1. The van der Waals surface area contributed by atoms with Gasteiger partial charge in [-0.1, -0.05) is 0 Å². The molecule has 0 saturated heterocycles. The molecular formula is C8H11N2NaO5S. The zero-order chi connectivity index (χ0) is 12.2. The molecule has 0 radical (unpaired) electrons. The third kappa shape index (κ3) is 6.59. The van der Waals surface area contributed by atoms with E-state index in [9.17, 15) is 18.5 Å². The van der Waals surface area contributed by atoms with Crippen LogP contribution in [0.15, 0.2) is 24.3 Å². The first-order valence-electron chi connectivity index (χ1n) is 4.32. The summed E-state index contributed by atoms with van der Waals surface area (Å²) in [4.78, 5) is 9.80. The van der Waals surface area contributed by atoms with Crippen LogP contribution in [0.5, 0.6) is 0 Å². The quantitative estimate of drug-likeness (QED) is 0.343. The van der Waals surface area contributed by atoms with E-state index in [0.717, 1.165) is 0 Å². The van der Waals surface area contributed by atoms with Crippen molar-refractivity contribution in [1.29, 1.82) is 0 Å². The van der Waals surface area contributed by atoms with Crippen LogP contribution in [0, 0.1) is 10.1 Å². The molecule has 0 amide bonds. The van der Waals surface area contributed by atoms with E-state index in [1.165, 1.54) is 24.3 Å². The number of nitrogens with one attached hydrogen (secondary N) is 1. The van der Waals surface area contributed by atoms with Crippen molar-refractivity contribution in [2.75, 3.05) is 17.6 Å². The van der Waals surface area contributed by atoms with Crippen LogP contribution in [0.3, 0.4) is 0 Å². The molecule has 0 fully saturated rings. The van der Waals surface area contributed by atoms with E-state index >= 15 is 0 Å². The molecule has 0 spiro atoms. The second kappa shape index (κ2) is 6.92. The molecule has 0 atom stereocenters. The molecule has 1 rings (SSSR count). The number of hydrogen-bond donors (Lipinski definition) is 2. The van der Waals surface area contributed by atoms with Crippen LogP contribution >= 0.6 is 0 Å². The summed E-state index contributed by atoms with van der Waals surface area (Å²) in [5.74, 6) is -0.413. The van der Waals surface area contributed by atoms with Gasteiger partial charge < -0.3 is 5.32 Å². The Morgan fingerprint density at radius 1 is 1.29 bits per heavy atom. The van der Waals surface area contributed by atoms with Crippen LogP contribution in [0.25, 0.3) is 0 Å². The van der Waals surface area contributed by atoms with Crippen LogP contribution in [0.4, 0.5) is 11.4 Å². The molecule has 0 bridgehead atoms. The summed E-state index contributed by atoms with van der Waals surface area (Å²) in [7, 11) is -3.99. The molecule has 0 aliphatic rings. The van der Waals surface area contributed by atoms with E-state index < -0.39 is 20.8 Å². The molecule has 1 aromatic carbocycles. The molecule has 7 nitrogen and oxygen atoms in total. The maximum atomic E-state index is 10.4. The van der Waals surface area contributed by atoms with Gasteiger partial charge >= 0.3 is 29.6 Å². The van der Waals surface area contributed by atoms with Gasteiger partial charge in [-0.05, 0) is 12.1 Å². The Labute approximate surface area is 120 Å². The molecule has 17 heavy (non-hydrogen) atoms. The van der Waals surface area contributed by atoms with Gasteiger partial charge in [-0.25, -0.2) is 0 Å². The first kappa shape index (κ1) is 16.3. The van der Waals surface area contributed by atoms with Gasteiger partial charge in [0.25, 0.3) is 15.8 Å². The van der Waals surface area contributed by atoms with Crippen molar-refractivity contribution in [2.24, 2.45) is 0 Å². The van der Waals surface area contributed by atoms with E-state index in [2.05, 4.69) is 5.32 Å². The van der Waals surface area contributed by atoms with Gasteiger partial charge in [-0.3, -0.25) is 14.7 Å². The molecule has 0 unspecified atom stereocenters. The molecule has 0 aliphatic carbocycles. The van der Waals surface area contributed by atoms with Gasteiger partial charge in [0.15, 0.2) is 0 Å². The van der Waals surface area contributed by atoms with Crippen molar-refractivity contribution in [3.05, 3.63) is 34.4 Å². The normalized spacial score (nSPS) is 10.4. The van der Waals surface area contributed by atoms with Gasteiger partial charge in [0.1, 0.15) is 0 Å². The topological polar surface area (TPSA) is 110 Å². The Hall–Kier alpha value is -0.670. The summed E-state index contributed by atoms with van der Waals surface area (Å²) in [6.07, 6.45) is 0. The fourth-order valence-electron chi connectivity index (χ4n) is 1.03. The number of nitro groups is 1. The van der Waals surface area contributed by atoms with Gasteiger partial charge in [-0.15, -0.1) is 0 Å². The second-order valence-corrected chi connectivity index (χ2v) is 4.59. The van der Waals surface area contributed by atoms with Crippen molar-refractivity contribution in [3.63, 3.8) is 0 Å². The SMILES string of the molecule is O=[N+]([O-])c1ccc(NCCS(=O)(=O)O)cc1.[NaH]. The summed E-state index contributed by atoms with van der Waals surface area (Å²) >= 11 is 0. The predicted molar refractivity (Wildman–Crippen MR) is 65.2 cm³/mol. The van der Waals surface area contributed by atoms with Crippen LogP contribution in [-0.2, 0) is 10.1 Å². The molecule has 2 N–H and O–H groups in total. The summed E-state index contributed by atoms with van der Waals surface area (Å²) in [6, 6.07) is 5.52. The van der Waals surface area contributed by atoms with E-state index in [-0.39, 0.29) is 41.8 Å². The summed E-state index contributed by atoms with van der Waals surface area (Å²) in [6.45, 7) is 0.0383. The monoisotopic (exact) mass is 270 g/mol. The Morgan fingerprint density at radius 3 is 2.24 bits per heavy atom. The van der Waals surface area contributed by atoms with Crippen LogP contribution < -0.4 is 5.32 Å². The summed E-state index contributed by atoms with van der Waals surface area (Å²) in [5, 5.41) is 13.0. The van der Waals surface area contributed by atoms with Crippen molar-refractivity contribution in [1.82, 2.24) is 0 Å². The first-order valence-corrected chi connectivity index (χ1v) is 5.93. The third-order valence-corrected chi connectivity index (χ3v) is 2.49. The summed E-state index contributed by atoms with van der Waals surface area (Å²) < 4.78 is 29.2. The number of rotatable bonds is 5. The van der Waals surface area contributed by atoms with Gasteiger partial charge in [0, 0.05) is 24.4 Å². The average Bonchev–Trinajstić information content (AvgIpc) is 2.16. The molecule has 9 heteroatoms. The van der Waals surface area contributed by atoms with Crippen LogP contribution in [0.2, 0.25) is 0 Å². The predicted octanol–water partition coefficient (Wildman–Crippen LogP) is 0.246. The minimum atomic E-state index is -3.99. The zero-order valence-corrected chi connectivity index (χ0v) is 8.98.